The van der Waals surface area contributed by atoms with Gasteiger partial charge in [0.15, 0.2) is 0 Å². The van der Waals surface area contributed by atoms with Gasteiger partial charge in [0.1, 0.15) is 0 Å². The van der Waals surface area contributed by atoms with Crippen LogP contribution in [-0.4, -0.2) is 4.98 Å². The van der Waals surface area contributed by atoms with E-state index in [-0.39, 0.29) is 5.56 Å². The largest absolute Gasteiger partial charge is 0.321 e. The maximum Gasteiger partial charge on any atom is 0.248 e. The molecule has 0 aliphatic carbocycles. The summed E-state index contributed by atoms with van der Waals surface area (Å²) in [5, 5.41) is 1.06. The molecule has 2 nitrogen and oxygen atoms in total. The van der Waals surface area contributed by atoms with Gasteiger partial charge in [-0.25, -0.2) is 0 Å². The van der Waals surface area contributed by atoms with Gasteiger partial charge >= 0.3 is 0 Å². The molecule has 0 saturated carbocycles. The highest BCUT2D eigenvalue weighted by Gasteiger charge is 2.05. The molecule has 0 aliphatic rings. The molecule has 0 spiro atoms. The first-order valence-corrected chi connectivity index (χ1v) is 5.69. The van der Waals surface area contributed by atoms with Crippen molar-refractivity contribution in [1.82, 2.24) is 4.98 Å². The number of aromatic amines is 1. The Morgan fingerprint density at radius 1 is 1.27 bits per heavy atom. The molecule has 1 N–H and O–H groups in total. The van der Waals surface area contributed by atoms with Crippen LogP contribution in [0.5, 0.6) is 0 Å². The number of rotatable bonds is 1. The second kappa shape index (κ2) is 3.81. The second-order valence-corrected chi connectivity index (χ2v) is 4.80. The van der Waals surface area contributed by atoms with E-state index in [4.69, 9.17) is 0 Å². The number of fused-ring (bicyclic) bond motifs is 1. The Morgan fingerprint density at radius 2 is 2.00 bits per heavy atom. The van der Waals surface area contributed by atoms with Crippen LogP contribution in [-0.2, 0) is 0 Å². The molecule has 2 rings (SSSR count). The summed E-state index contributed by atoms with van der Waals surface area (Å²) in [7, 11) is 0. The van der Waals surface area contributed by atoms with E-state index in [1.807, 2.05) is 6.07 Å². The van der Waals surface area contributed by atoms with Gasteiger partial charge in [-0.1, -0.05) is 13.8 Å². The van der Waals surface area contributed by atoms with Gasteiger partial charge in [0.25, 0.3) is 0 Å². The third-order valence-corrected chi connectivity index (χ3v) is 3.10. The first-order chi connectivity index (χ1) is 7.08. The fourth-order valence-corrected chi connectivity index (χ4v) is 2.17. The van der Waals surface area contributed by atoms with E-state index in [1.165, 1.54) is 5.56 Å². The molecule has 78 valence electrons. The SMILES string of the molecule is CC(C)c1cc(Br)c2[nH]c(=O)ccc2c1. The lowest BCUT2D eigenvalue weighted by Gasteiger charge is -2.08. The number of benzene rings is 1. The smallest absolute Gasteiger partial charge is 0.248 e. The lowest BCUT2D eigenvalue weighted by Crippen LogP contribution is -2.03. The molecule has 0 aliphatic heterocycles. The molecule has 0 fully saturated rings. The summed E-state index contributed by atoms with van der Waals surface area (Å²) >= 11 is 3.48. The molecule has 0 amide bonds. The van der Waals surface area contributed by atoms with Gasteiger partial charge in [0, 0.05) is 10.5 Å². The van der Waals surface area contributed by atoms with Crippen molar-refractivity contribution in [2.24, 2.45) is 0 Å². The first-order valence-electron chi connectivity index (χ1n) is 4.90. The average Bonchev–Trinajstić information content (AvgIpc) is 2.18. The molecule has 0 atom stereocenters. The van der Waals surface area contributed by atoms with E-state index in [1.54, 1.807) is 6.07 Å². The zero-order valence-corrected chi connectivity index (χ0v) is 10.3. The van der Waals surface area contributed by atoms with Gasteiger partial charge in [0.05, 0.1) is 5.52 Å². The summed E-state index contributed by atoms with van der Waals surface area (Å²) in [5.74, 6) is 0.484. The van der Waals surface area contributed by atoms with Crippen LogP contribution in [0.2, 0.25) is 0 Å². The fourth-order valence-electron chi connectivity index (χ4n) is 1.58. The molecular formula is C12H12BrNO. The molecule has 0 radical (unpaired) electrons. The average molecular weight is 266 g/mol. The van der Waals surface area contributed by atoms with Gasteiger partial charge in [-0.3, -0.25) is 4.79 Å². The van der Waals surface area contributed by atoms with Crippen molar-refractivity contribution in [1.29, 1.82) is 0 Å². The Labute approximate surface area is 96.5 Å². The first kappa shape index (κ1) is 10.4. The Hall–Kier alpha value is -1.09. The summed E-state index contributed by atoms with van der Waals surface area (Å²) in [6, 6.07) is 7.58. The second-order valence-electron chi connectivity index (χ2n) is 3.94. The molecule has 3 heteroatoms. The number of hydrogen-bond acceptors (Lipinski definition) is 1. The normalized spacial score (nSPS) is 11.2. The fraction of sp³-hybridized carbons (Fsp3) is 0.250. The van der Waals surface area contributed by atoms with Crippen LogP contribution in [0.25, 0.3) is 10.9 Å². The summed E-state index contributed by atoms with van der Waals surface area (Å²) in [6.45, 7) is 4.30. The molecule has 1 heterocycles. The third-order valence-electron chi connectivity index (χ3n) is 2.47. The summed E-state index contributed by atoms with van der Waals surface area (Å²) in [6.07, 6.45) is 0. The van der Waals surface area contributed by atoms with Gasteiger partial charge in [-0.05, 0) is 51.0 Å². The van der Waals surface area contributed by atoms with Gasteiger partial charge < -0.3 is 4.98 Å². The van der Waals surface area contributed by atoms with Crippen molar-refractivity contribution in [3.05, 3.63) is 44.7 Å². The predicted molar refractivity (Wildman–Crippen MR) is 66.4 cm³/mol. The van der Waals surface area contributed by atoms with Crippen LogP contribution in [0.3, 0.4) is 0 Å². The maximum atomic E-state index is 11.2. The van der Waals surface area contributed by atoms with Crippen LogP contribution < -0.4 is 5.56 Å². The third kappa shape index (κ3) is 1.97. The number of hydrogen-bond donors (Lipinski definition) is 1. The van der Waals surface area contributed by atoms with Gasteiger partial charge in [-0.15, -0.1) is 0 Å². The van der Waals surface area contributed by atoms with Crippen molar-refractivity contribution >= 4 is 26.8 Å². The van der Waals surface area contributed by atoms with Crippen LogP contribution in [0.15, 0.2) is 33.5 Å². The van der Waals surface area contributed by atoms with E-state index in [2.05, 4.69) is 46.9 Å². The number of aromatic nitrogens is 1. The Balaban J connectivity index is 2.78. The van der Waals surface area contributed by atoms with Gasteiger partial charge in [0.2, 0.25) is 5.56 Å². The number of H-pyrrole nitrogens is 1. The molecule has 2 aromatic rings. The zero-order chi connectivity index (χ0) is 11.0. The lowest BCUT2D eigenvalue weighted by molar-refractivity contribution is 0.867. The van der Waals surface area contributed by atoms with Crippen LogP contribution in [0.4, 0.5) is 0 Å². The Morgan fingerprint density at radius 3 is 2.67 bits per heavy atom. The van der Waals surface area contributed by atoms with E-state index in [0.717, 1.165) is 15.4 Å². The molecular weight excluding hydrogens is 254 g/mol. The maximum absolute atomic E-state index is 11.2. The highest BCUT2D eigenvalue weighted by atomic mass is 79.9. The van der Waals surface area contributed by atoms with E-state index in [9.17, 15) is 4.79 Å². The summed E-state index contributed by atoms with van der Waals surface area (Å²) in [5.41, 5.74) is 2.06. The molecule has 1 aromatic carbocycles. The molecule has 0 unspecified atom stereocenters. The minimum absolute atomic E-state index is 0.0690. The van der Waals surface area contributed by atoms with Crippen LogP contribution in [0, 0.1) is 0 Å². The zero-order valence-electron chi connectivity index (χ0n) is 8.67. The van der Waals surface area contributed by atoms with E-state index >= 15 is 0 Å². The van der Waals surface area contributed by atoms with Crippen molar-refractivity contribution in [2.45, 2.75) is 19.8 Å². The molecule has 0 saturated heterocycles. The monoisotopic (exact) mass is 265 g/mol. The Kier molecular flexibility index (Phi) is 2.65. The molecule has 1 aromatic heterocycles. The molecule has 0 bridgehead atoms. The summed E-state index contributed by atoms with van der Waals surface area (Å²) in [4.78, 5) is 14.0. The number of pyridine rings is 1. The van der Waals surface area contributed by atoms with Crippen molar-refractivity contribution in [3.8, 4) is 0 Å². The Bertz CT molecular complexity index is 557. The standard InChI is InChI=1S/C12H12BrNO/c1-7(2)9-5-8-3-4-11(15)14-12(8)10(13)6-9/h3-7H,1-2H3,(H,14,15). The van der Waals surface area contributed by atoms with E-state index < -0.39 is 0 Å². The number of halogens is 1. The van der Waals surface area contributed by atoms with E-state index in [0.29, 0.717) is 5.92 Å². The minimum Gasteiger partial charge on any atom is -0.321 e. The highest BCUT2D eigenvalue weighted by molar-refractivity contribution is 9.10. The quantitative estimate of drug-likeness (QED) is 0.842. The summed E-state index contributed by atoms with van der Waals surface area (Å²) < 4.78 is 0.946. The lowest BCUT2D eigenvalue weighted by atomic mass is 10.0. The predicted octanol–water partition coefficient (Wildman–Crippen LogP) is 3.41. The van der Waals surface area contributed by atoms with Crippen molar-refractivity contribution < 1.29 is 0 Å². The van der Waals surface area contributed by atoms with Crippen LogP contribution >= 0.6 is 15.9 Å². The van der Waals surface area contributed by atoms with Crippen molar-refractivity contribution in [2.75, 3.05) is 0 Å². The minimum atomic E-state index is -0.0690. The highest BCUT2D eigenvalue weighted by Crippen LogP contribution is 2.26. The van der Waals surface area contributed by atoms with Crippen molar-refractivity contribution in [3.63, 3.8) is 0 Å². The topological polar surface area (TPSA) is 32.9 Å². The number of nitrogens with one attached hydrogen (secondary N) is 1. The van der Waals surface area contributed by atoms with Crippen LogP contribution in [0.1, 0.15) is 25.3 Å². The van der Waals surface area contributed by atoms with Gasteiger partial charge in [-0.2, -0.15) is 0 Å². The molecule has 15 heavy (non-hydrogen) atoms.